The van der Waals surface area contributed by atoms with E-state index in [1.807, 2.05) is 112 Å². The van der Waals surface area contributed by atoms with Crippen LogP contribution < -0.4 is 0 Å². The van der Waals surface area contributed by atoms with Gasteiger partial charge in [-0.15, -0.1) is 23.5 Å². The fourth-order valence-corrected chi connectivity index (χ4v) is 15.2. The van der Waals surface area contributed by atoms with Crippen LogP contribution >= 0.6 is 94.1 Å². The van der Waals surface area contributed by atoms with E-state index in [0.717, 1.165) is 29.9 Å². The lowest BCUT2D eigenvalue weighted by molar-refractivity contribution is 0.943. The van der Waals surface area contributed by atoms with Crippen molar-refractivity contribution in [3.8, 4) is 12.1 Å². The molecule has 3 heterocycles. The standard InChI is InChI=1S/C20H16N2S8/c1-3-23-15-16(24-4-2)28-19(27-15)20-29-17-18(30-20)26-14(25-17)12-7-5-11(6-8-12)13(9-21)10-22/h5,7H,3-4,6,8H2,1-2H3. The highest BCUT2D eigenvalue weighted by molar-refractivity contribution is 8.49. The summed E-state index contributed by atoms with van der Waals surface area (Å²) in [5.74, 6) is 2.23. The Balaban J connectivity index is 1.43. The second kappa shape index (κ2) is 10.9. The Kier molecular flexibility index (Phi) is 8.49. The number of thioether (sulfide) groups is 8. The summed E-state index contributed by atoms with van der Waals surface area (Å²) in [5, 5.41) is 18.1. The second-order valence-electron chi connectivity index (χ2n) is 5.97. The smallest absolute Gasteiger partial charge is 0.132 e. The number of hydrogen-bond acceptors (Lipinski definition) is 10. The van der Waals surface area contributed by atoms with Gasteiger partial charge in [0.05, 0.1) is 29.7 Å². The van der Waals surface area contributed by atoms with Gasteiger partial charge in [0.2, 0.25) is 0 Å². The SMILES string of the molecule is CCSC1=C(SCC)SC(=C2SC3=C(SC(=C4C=CC(=C(C#N)C#N)CC4)S3)S2)S1. The molecule has 0 saturated heterocycles. The largest absolute Gasteiger partial charge is 0.192 e. The third-order valence-corrected chi connectivity index (χ3v) is 15.7. The van der Waals surface area contributed by atoms with Crippen LogP contribution in [0.3, 0.4) is 0 Å². The molecule has 3 aliphatic heterocycles. The van der Waals surface area contributed by atoms with Gasteiger partial charge in [-0.1, -0.05) is 96.6 Å². The summed E-state index contributed by atoms with van der Waals surface area (Å²) in [5.41, 5.74) is 2.42. The van der Waals surface area contributed by atoms with E-state index < -0.39 is 0 Å². The summed E-state index contributed by atoms with van der Waals surface area (Å²) in [4.78, 5) is 0. The van der Waals surface area contributed by atoms with E-state index in [2.05, 4.69) is 19.9 Å². The molecule has 0 aromatic heterocycles. The maximum Gasteiger partial charge on any atom is 0.132 e. The lowest BCUT2D eigenvalue weighted by Gasteiger charge is -2.14. The summed E-state index contributed by atoms with van der Waals surface area (Å²) in [6.45, 7) is 4.44. The lowest BCUT2D eigenvalue weighted by atomic mass is 9.95. The zero-order valence-corrected chi connectivity index (χ0v) is 22.7. The van der Waals surface area contributed by atoms with Crippen LogP contribution in [0.1, 0.15) is 26.7 Å². The molecule has 0 N–H and O–H groups in total. The van der Waals surface area contributed by atoms with Crippen molar-refractivity contribution in [2.24, 2.45) is 0 Å². The van der Waals surface area contributed by atoms with Crippen molar-refractivity contribution in [2.75, 3.05) is 11.5 Å². The van der Waals surface area contributed by atoms with Crippen molar-refractivity contribution in [1.29, 1.82) is 10.5 Å². The summed E-state index contributed by atoms with van der Waals surface area (Å²) in [6, 6.07) is 4.00. The highest BCUT2D eigenvalue weighted by Gasteiger charge is 2.35. The van der Waals surface area contributed by atoms with Gasteiger partial charge in [0.15, 0.2) is 0 Å². The molecule has 0 aromatic rings. The van der Waals surface area contributed by atoms with Crippen LogP contribution in [0.2, 0.25) is 0 Å². The van der Waals surface area contributed by atoms with Gasteiger partial charge in [-0.05, 0) is 35.5 Å². The number of nitriles is 2. The van der Waals surface area contributed by atoms with E-state index in [4.69, 9.17) is 10.5 Å². The predicted octanol–water partition coefficient (Wildman–Crippen LogP) is 9.22. The average Bonchev–Trinajstić information content (AvgIpc) is 3.44. The lowest BCUT2D eigenvalue weighted by Crippen LogP contribution is -1.95. The fourth-order valence-electron chi connectivity index (χ4n) is 2.78. The Labute approximate surface area is 211 Å². The molecular formula is C20H16N2S8. The summed E-state index contributed by atoms with van der Waals surface area (Å²) < 4.78 is 9.97. The van der Waals surface area contributed by atoms with Gasteiger partial charge < -0.3 is 0 Å². The molecule has 4 rings (SSSR count). The Morgan fingerprint density at radius 2 is 1.27 bits per heavy atom. The normalized spacial score (nSPS) is 21.0. The van der Waals surface area contributed by atoms with Crippen LogP contribution in [0.5, 0.6) is 0 Å². The van der Waals surface area contributed by atoms with Gasteiger partial charge in [0.25, 0.3) is 0 Å². The number of nitrogens with zero attached hydrogens (tertiary/aromatic N) is 2. The molecule has 2 nitrogen and oxygen atoms in total. The van der Waals surface area contributed by atoms with Gasteiger partial charge in [0.1, 0.15) is 17.7 Å². The highest BCUT2D eigenvalue weighted by Crippen LogP contribution is 2.71. The molecule has 0 atom stereocenters. The summed E-state index contributed by atoms with van der Waals surface area (Å²) >= 11 is 15.4. The van der Waals surface area contributed by atoms with E-state index in [-0.39, 0.29) is 5.57 Å². The van der Waals surface area contributed by atoms with Gasteiger partial charge in [-0.2, -0.15) is 10.5 Å². The monoisotopic (exact) mass is 540 g/mol. The number of allylic oxidation sites excluding steroid dienone is 5. The predicted molar refractivity (Wildman–Crippen MR) is 147 cm³/mol. The van der Waals surface area contributed by atoms with Crippen LogP contribution in [0.15, 0.2) is 58.5 Å². The molecule has 0 saturated carbocycles. The van der Waals surface area contributed by atoms with E-state index in [1.54, 1.807) is 0 Å². The number of rotatable bonds is 4. The molecule has 0 amide bonds. The Hall–Kier alpha value is 0.220. The van der Waals surface area contributed by atoms with Crippen LogP contribution in [-0.2, 0) is 0 Å². The maximum absolute atomic E-state index is 9.06. The van der Waals surface area contributed by atoms with Gasteiger partial charge in [-0.25, -0.2) is 0 Å². The van der Waals surface area contributed by atoms with E-state index >= 15 is 0 Å². The molecule has 154 valence electrons. The van der Waals surface area contributed by atoms with Crippen molar-refractivity contribution in [3.63, 3.8) is 0 Å². The Morgan fingerprint density at radius 3 is 1.70 bits per heavy atom. The average molecular weight is 541 g/mol. The third-order valence-electron chi connectivity index (χ3n) is 4.12. The van der Waals surface area contributed by atoms with Crippen molar-refractivity contribution in [2.45, 2.75) is 26.7 Å². The van der Waals surface area contributed by atoms with Crippen LogP contribution in [0, 0.1) is 22.7 Å². The highest BCUT2D eigenvalue weighted by atomic mass is 32.3. The Morgan fingerprint density at radius 1 is 0.767 bits per heavy atom. The van der Waals surface area contributed by atoms with Crippen molar-refractivity contribution >= 4 is 94.1 Å². The molecule has 4 aliphatic rings. The van der Waals surface area contributed by atoms with Crippen LogP contribution in [0.25, 0.3) is 0 Å². The molecule has 0 unspecified atom stereocenters. The topological polar surface area (TPSA) is 47.6 Å². The number of hydrogen-bond donors (Lipinski definition) is 0. The minimum Gasteiger partial charge on any atom is -0.192 e. The molecule has 0 radical (unpaired) electrons. The quantitative estimate of drug-likeness (QED) is 0.322. The first-order chi connectivity index (χ1) is 14.7. The second-order valence-corrected chi connectivity index (χ2v) is 16.5. The van der Waals surface area contributed by atoms with Gasteiger partial charge in [0, 0.05) is 0 Å². The maximum atomic E-state index is 9.06. The molecule has 1 aliphatic carbocycles. The Bertz CT molecular complexity index is 988. The molecule has 0 bridgehead atoms. The molecule has 30 heavy (non-hydrogen) atoms. The first-order valence-corrected chi connectivity index (χ1v) is 16.0. The van der Waals surface area contributed by atoms with Crippen molar-refractivity contribution in [1.82, 2.24) is 0 Å². The van der Waals surface area contributed by atoms with Crippen LogP contribution in [-0.4, -0.2) is 11.5 Å². The fraction of sp³-hybridized carbons (Fsp3) is 0.300. The summed E-state index contributed by atoms with van der Waals surface area (Å²) in [7, 11) is 0. The first kappa shape index (κ1) is 23.4. The van der Waals surface area contributed by atoms with Gasteiger partial charge in [-0.3, -0.25) is 0 Å². The summed E-state index contributed by atoms with van der Waals surface area (Å²) in [6.07, 6.45) is 5.70. The van der Waals surface area contributed by atoms with E-state index in [0.29, 0.717) is 0 Å². The zero-order chi connectivity index (χ0) is 21.1. The minimum atomic E-state index is 0.242. The molecule has 0 spiro atoms. The van der Waals surface area contributed by atoms with E-state index in [1.165, 1.54) is 35.2 Å². The van der Waals surface area contributed by atoms with Crippen molar-refractivity contribution in [3.05, 3.63) is 58.5 Å². The molecule has 10 heteroatoms. The third kappa shape index (κ3) is 5.07. The van der Waals surface area contributed by atoms with Crippen LogP contribution in [0.4, 0.5) is 0 Å². The molecule has 0 aromatic carbocycles. The van der Waals surface area contributed by atoms with Gasteiger partial charge >= 0.3 is 0 Å². The minimum absolute atomic E-state index is 0.242. The first-order valence-electron chi connectivity index (χ1n) is 9.16. The van der Waals surface area contributed by atoms with Crippen molar-refractivity contribution < 1.29 is 0 Å². The van der Waals surface area contributed by atoms with E-state index in [9.17, 15) is 0 Å². The molecule has 0 fully saturated rings. The molecular weight excluding hydrogens is 525 g/mol. The zero-order valence-electron chi connectivity index (χ0n) is 16.1.